The van der Waals surface area contributed by atoms with Gasteiger partial charge in [-0.05, 0) is 26.7 Å². The largest absolute Gasteiger partial charge is 0.410 e. The number of hydrogen-bond acceptors (Lipinski definition) is 7. The van der Waals surface area contributed by atoms with Gasteiger partial charge in [-0.2, -0.15) is 0 Å². The van der Waals surface area contributed by atoms with Crippen LogP contribution in [0, 0.1) is 13.8 Å². The molecule has 0 bridgehead atoms. The van der Waals surface area contributed by atoms with Crippen molar-refractivity contribution >= 4 is 28.9 Å². The van der Waals surface area contributed by atoms with Crippen molar-refractivity contribution in [2.24, 2.45) is 0 Å². The minimum absolute atomic E-state index is 0.0370. The second kappa shape index (κ2) is 6.27. The molecule has 2 heterocycles. The molecule has 0 radical (unpaired) electrons. The summed E-state index contributed by atoms with van der Waals surface area (Å²) < 4.78 is 5.71. The van der Waals surface area contributed by atoms with Crippen LogP contribution in [0.4, 0.5) is 0 Å². The second-order valence-electron chi connectivity index (χ2n) is 5.19. The summed E-state index contributed by atoms with van der Waals surface area (Å²) in [6, 6.07) is 0. The highest BCUT2D eigenvalue weighted by atomic mass is 32.2. The maximum atomic E-state index is 12.0. The standard InChI is InChI=1S/C14H17N3O2S2/c1-8-12(20-9(2)15-8)13-16-17-14(19-13)21-11-7-5-3-4-6-10(11)18/h11H,3-7H2,1-2H3. The van der Waals surface area contributed by atoms with Crippen LogP contribution in [0.2, 0.25) is 0 Å². The SMILES string of the molecule is Cc1nc(C)c(-c2nnc(SC3CCCCCC3=O)o2)s1. The molecule has 0 saturated heterocycles. The van der Waals surface area contributed by atoms with Crippen LogP contribution in [0.1, 0.15) is 42.8 Å². The Morgan fingerprint density at radius 2 is 2.10 bits per heavy atom. The zero-order chi connectivity index (χ0) is 14.8. The van der Waals surface area contributed by atoms with Gasteiger partial charge in [0, 0.05) is 6.42 Å². The van der Waals surface area contributed by atoms with Crippen molar-refractivity contribution in [1.29, 1.82) is 0 Å². The molecule has 0 aromatic carbocycles. The number of thioether (sulfide) groups is 1. The molecule has 21 heavy (non-hydrogen) atoms. The second-order valence-corrected chi connectivity index (χ2v) is 7.55. The van der Waals surface area contributed by atoms with Gasteiger partial charge in [0.25, 0.3) is 11.1 Å². The average Bonchev–Trinajstić information content (AvgIpc) is 2.97. The Hall–Kier alpha value is -1.21. The van der Waals surface area contributed by atoms with Crippen LogP contribution < -0.4 is 0 Å². The van der Waals surface area contributed by atoms with Crippen molar-refractivity contribution in [2.75, 3.05) is 0 Å². The van der Waals surface area contributed by atoms with Gasteiger partial charge in [-0.1, -0.05) is 24.6 Å². The van der Waals surface area contributed by atoms with E-state index in [1.807, 2.05) is 13.8 Å². The number of carbonyl (C=O) groups excluding carboxylic acids is 1. The molecule has 1 saturated carbocycles. The number of thiazole rings is 1. The van der Waals surface area contributed by atoms with E-state index in [0.717, 1.165) is 41.3 Å². The summed E-state index contributed by atoms with van der Waals surface area (Å²) in [6.07, 6.45) is 4.81. The molecule has 112 valence electrons. The third-order valence-electron chi connectivity index (χ3n) is 3.50. The van der Waals surface area contributed by atoms with Crippen LogP contribution in [0.3, 0.4) is 0 Å². The number of Topliss-reactive ketones (excluding diaryl/α,β-unsaturated/α-hetero) is 1. The average molecular weight is 323 g/mol. The zero-order valence-electron chi connectivity index (χ0n) is 12.1. The molecule has 0 aliphatic heterocycles. The van der Waals surface area contributed by atoms with Gasteiger partial charge in [-0.25, -0.2) is 4.98 Å². The molecule has 1 fully saturated rings. The van der Waals surface area contributed by atoms with Crippen molar-refractivity contribution in [3.05, 3.63) is 10.7 Å². The van der Waals surface area contributed by atoms with E-state index in [-0.39, 0.29) is 5.25 Å². The lowest BCUT2D eigenvalue weighted by Gasteiger charge is -2.08. The summed E-state index contributed by atoms with van der Waals surface area (Å²) in [5, 5.41) is 9.60. The first-order valence-corrected chi connectivity index (χ1v) is 8.80. The van der Waals surface area contributed by atoms with E-state index in [1.165, 1.54) is 11.8 Å². The quantitative estimate of drug-likeness (QED) is 0.800. The normalized spacial score (nSPS) is 19.7. The van der Waals surface area contributed by atoms with E-state index < -0.39 is 0 Å². The van der Waals surface area contributed by atoms with Crippen LogP contribution in [-0.2, 0) is 4.79 Å². The van der Waals surface area contributed by atoms with Crippen molar-refractivity contribution < 1.29 is 9.21 Å². The van der Waals surface area contributed by atoms with Crippen molar-refractivity contribution in [3.63, 3.8) is 0 Å². The fraction of sp³-hybridized carbons (Fsp3) is 0.571. The summed E-state index contributed by atoms with van der Waals surface area (Å²) in [5.74, 6) is 0.809. The van der Waals surface area contributed by atoms with Gasteiger partial charge in [0.2, 0.25) is 0 Å². The van der Waals surface area contributed by atoms with Gasteiger partial charge >= 0.3 is 0 Å². The molecular weight excluding hydrogens is 306 g/mol. The van der Waals surface area contributed by atoms with Crippen molar-refractivity contribution in [3.8, 4) is 10.8 Å². The van der Waals surface area contributed by atoms with Crippen molar-refractivity contribution in [1.82, 2.24) is 15.2 Å². The molecule has 2 aromatic heterocycles. The zero-order valence-corrected chi connectivity index (χ0v) is 13.7. The van der Waals surface area contributed by atoms with E-state index in [4.69, 9.17) is 4.42 Å². The predicted molar refractivity (Wildman–Crippen MR) is 82.6 cm³/mol. The number of rotatable bonds is 3. The molecule has 2 aromatic rings. The Morgan fingerprint density at radius 1 is 1.24 bits per heavy atom. The number of aryl methyl sites for hydroxylation is 2. The molecule has 0 amide bonds. The third-order valence-corrected chi connectivity index (χ3v) is 5.71. The predicted octanol–water partition coefficient (Wildman–Crippen LogP) is 3.80. The van der Waals surface area contributed by atoms with Gasteiger partial charge in [0.1, 0.15) is 10.7 Å². The number of carbonyl (C=O) groups is 1. The summed E-state index contributed by atoms with van der Waals surface area (Å²) in [7, 11) is 0. The lowest BCUT2D eigenvalue weighted by atomic mass is 10.2. The summed E-state index contributed by atoms with van der Waals surface area (Å²) >= 11 is 2.96. The highest BCUT2D eigenvalue weighted by molar-refractivity contribution is 8.00. The smallest absolute Gasteiger partial charge is 0.277 e. The maximum Gasteiger partial charge on any atom is 0.277 e. The highest BCUT2D eigenvalue weighted by Gasteiger charge is 2.25. The first-order chi connectivity index (χ1) is 10.1. The van der Waals surface area contributed by atoms with E-state index in [2.05, 4.69) is 15.2 Å². The maximum absolute atomic E-state index is 12.0. The van der Waals surface area contributed by atoms with Gasteiger partial charge < -0.3 is 4.42 Å². The Kier molecular flexibility index (Phi) is 4.40. The van der Waals surface area contributed by atoms with Crippen LogP contribution in [0.25, 0.3) is 10.8 Å². The minimum atomic E-state index is -0.0370. The Labute approximate surface area is 131 Å². The van der Waals surface area contributed by atoms with E-state index in [9.17, 15) is 4.79 Å². The molecule has 3 rings (SSSR count). The number of nitrogens with zero attached hydrogens (tertiary/aromatic N) is 3. The molecule has 1 aliphatic carbocycles. The Morgan fingerprint density at radius 3 is 2.86 bits per heavy atom. The molecular formula is C14H17N3O2S2. The molecule has 7 heteroatoms. The van der Waals surface area contributed by atoms with E-state index in [0.29, 0.717) is 23.3 Å². The number of hydrogen-bond donors (Lipinski definition) is 0. The monoisotopic (exact) mass is 323 g/mol. The number of ketones is 1. The highest BCUT2D eigenvalue weighted by Crippen LogP contribution is 2.34. The Bertz CT molecular complexity index is 650. The summed E-state index contributed by atoms with van der Waals surface area (Å²) in [5.41, 5.74) is 0.906. The van der Waals surface area contributed by atoms with Gasteiger partial charge in [0.05, 0.1) is 16.0 Å². The first kappa shape index (κ1) is 14.7. The van der Waals surface area contributed by atoms with Crippen LogP contribution in [0.15, 0.2) is 9.64 Å². The van der Waals surface area contributed by atoms with Crippen LogP contribution in [0.5, 0.6) is 0 Å². The number of aromatic nitrogens is 3. The minimum Gasteiger partial charge on any atom is -0.410 e. The molecule has 1 unspecified atom stereocenters. The Balaban J connectivity index is 1.75. The fourth-order valence-electron chi connectivity index (χ4n) is 2.45. The topological polar surface area (TPSA) is 68.9 Å². The fourth-order valence-corrected chi connectivity index (χ4v) is 4.29. The molecule has 5 nitrogen and oxygen atoms in total. The molecule has 1 atom stereocenters. The summed E-state index contributed by atoms with van der Waals surface area (Å²) in [4.78, 5) is 17.3. The van der Waals surface area contributed by atoms with Gasteiger partial charge in [0.15, 0.2) is 0 Å². The van der Waals surface area contributed by atoms with E-state index >= 15 is 0 Å². The lowest BCUT2D eigenvalue weighted by Crippen LogP contribution is -2.14. The van der Waals surface area contributed by atoms with Gasteiger partial charge in [-0.15, -0.1) is 21.5 Å². The molecule has 0 spiro atoms. The molecule has 0 N–H and O–H groups in total. The summed E-state index contributed by atoms with van der Waals surface area (Å²) in [6.45, 7) is 3.89. The third kappa shape index (κ3) is 3.35. The first-order valence-electron chi connectivity index (χ1n) is 7.11. The lowest BCUT2D eigenvalue weighted by molar-refractivity contribution is -0.118. The van der Waals surface area contributed by atoms with Crippen molar-refractivity contribution in [2.45, 2.75) is 56.4 Å². The van der Waals surface area contributed by atoms with Crippen LogP contribution >= 0.6 is 23.1 Å². The molecule has 1 aliphatic rings. The van der Waals surface area contributed by atoms with E-state index in [1.54, 1.807) is 11.3 Å². The van der Waals surface area contributed by atoms with Gasteiger partial charge in [-0.3, -0.25) is 4.79 Å². The van der Waals surface area contributed by atoms with Crippen LogP contribution in [-0.4, -0.2) is 26.2 Å².